The molecule has 0 aromatic heterocycles. The first-order valence-electron chi connectivity index (χ1n) is 5.76. The molecule has 2 heteroatoms. The van der Waals surface area contributed by atoms with E-state index in [9.17, 15) is 0 Å². The third-order valence-corrected chi connectivity index (χ3v) is 3.66. The van der Waals surface area contributed by atoms with Gasteiger partial charge < -0.3 is 10.5 Å². The molecule has 0 radical (unpaired) electrons. The normalized spacial score (nSPS) is 15.0. The van der Waals surface area contributed by atoms with Crippen LogP contribution in [0.3, 0.4) is 0 Å². The zero-order valence-electron chi connectivity index (χ0n) is 11.2. The fourth-order valence-corrected chi connectivity index (χ4v) is 1.79. The first kappa shape index (κ1) is 13.0. The van der Waals surface area contributed by atoms with Gasteiger partial charge in [0.1, 0.15) is 5.75 Å². The van der Waals surface area contributed by atoms with Crippen LogP contribution in [0.25, 0.3) is 0 Å². The lowest BCUT2D eigenvalue weighted by molar-refractivity contribution is 0.325. The molecule has 1 aromatic carbocycles. The van der Waals surface area contributed by atoms with E-state index in [1.807, 2.05) is 0 Å². The Balaban J connectivity index is 3.40. The van der Waals surface area contributed by atoms with Gasteiger partial charge in [0.2, 0.25) is 0 Å². The summed E-state index contributed by atoms with van der Waals surface area (Å²) in [5.74, 6) is 1.29. The van der Waals surface area contributed by atoms with Crippen LogP contribution in [-0.4, -0.2) is 7.11 Å². The molecule has 2 N–H and O–H groups in total. The average Bonchev–Trinajstić information content (AvgIpc) is 2.21. The largest absolute Gasteiger partial charge is 0.496 e. The van der Waals surface area contributed by atoms with E-state index in [2.05, 4.69) is 46.8 Å². The number of methoxy groups -OCH3 is 1. The van der Waals surface area contributed by atoms with Gasteiger partial charge in [-0.3, -0.25) is 0 Å². The summed E-state index contributed by atoms with van der Waals surface area (Å²) in [7, 11) is 1.71. The molecular weight excluding hydrogens is 198 g/mol. The fraction of sp³-hybridized carbons (Fsp3) is 0.571. The Labute approximate surface area is 98.8 Å². The minimum Gasteiger partial charge on any atom is -0.496 e. The highest BCUT2D eigenvalue weighted by molar-refractivity contribution is 5.48. The fourth-order valence-electron chi connectivity index (χ4n) is 1.79. The Bertz CT molecular complexity index is 381. The van der Waals surface area contributed by atoms with Crippen LogP contribution < -0.4 is 10.5 Å². The molecule has 0 saturated heterocycles. The number of hydrogen-bond donors (Lipinski definition) is 1. The molecule has 0 fully saturated rings. The molecule has 1 aromatic rings. The first-order chi connectivity index (χ1) is 7.32. The van der Waals surface area contributed by atoms with Gasteiger partial charge in [0, 0.05) is 11.1 Å². The molecule has 0 saturated carbocycles. The van der Waals surface area contributed by atoms with E-state index < -0.39 is 0 Å². The highest BCUT2D eigenvalue weighted by Crippen LogP contribution is 2.36. The van der Waals surface area contributed by atoms with Crippen LogP contribution >= 0.6 is 0 Å². The minimum absolute atomic E-state index is 0.357. The van der Waals surface area contributed by atoms with Crippen molar-refractivity contribution < 1.29 is 4.74 Å². The second-order valence-corrected chi connectivity index (χ2v) is 5.03. The minimum atomic E-state index is -0.357. The number of nitrogens with two attached hydrogens (primary N) is 1. The second-order valence-electron chi connectivity index (χ2n) is 5.03. The number of aryl methyl sites for hydroxylation is 1. The molecule has 1 unspecified atom stereocenters. The van der Waals surface area contributed by atoms with Gasteiger partial charge in [0.15, 0.2) is 0 Å². The number of benzene rings is 1. The molecule has 1 atom stereocenters. The van der Waals surface area contributed by atoms with Gasteiger partial charge in [-0.25, -0.2) is 0 Å². The van der Waals surface area contributed by atoms with Crippen molar-refractivity contribution in [1.82, 2.24) is 0 Å². The molecule has 16 heavy (non-hydrogen) atoms. The molecular formula is C14H23NO. The van der Waals surface area contributed by atoms with Gasteiger partial charge in [-0.15, -0.1) is 0 Å². The molecule has 0 heterocycles. The topological polar surface area (TPSA) is 35.2 Å². The second kappa shape index (κ2) is 4.46. The summed E-state index contributed by atoms with van der Waals surface area (Å²) in [4.78, 5) is 0. The van der Waals surface area contributed by atoms with E-state index in [1.54, 1.807) is 7.11 Å². The molecule has 0 aliphatic rings. The van der Waals surface area contributed by atoms with Crippen molar-refractivity contribution in [3.8, 4) is 5.75 Å². The van der Waals surface area contributed by atoms with Crippen molar-refractivity contribution in [1.29, 1.82) is 0 Å². The molecule has 2 nitrogen and oxygen atoms in total. The van der Waals surface area contributed by atoms with E-state index in [4.69, 9.17) is 10.5 Å². The maximum absolute atomic E-state index is 6.40. The summed E-state index contributed by atoms with van der Waals surface area (Å²) in [5.41, 5.74) is 9.54. The maximum atomic E-state index is 6.40. The lowest BCUT2D eigenvalue weighted by atomic mass is 9.81. The van der Waals surface area contributed by atoms with E-state index in [0.717, 1.165) is 11.3 Å². The molecule has 0 spiro atoms. The van der Waals surface area contributed by atoms with Crippen LogP contribution in [0.1, 0.15) is 37.5 Å². The van der Waals surface area contributed by atoms with Crippen molar-refractivity contribution in [2.75, 3.05) is 7.11 Å². The molecule has 0 aliphatic heterocycles. The zero-order valence-corrected chi connectivity index (χ0v) is 11.2. The van der Waals surface area contributed by atoms with E-state index >= 15 is 0 Å². The SMILES string of the molecule is COc1c(C(C)(N)C(C)C)ccc(C)c1C. The third kappa shape index (κ3) is 2.07. The van der Waals surface area contributed by atoms with Gasteiger partial charge in [-0.2, -0.15) is 0 Å². The van der Waals surface area contributed by atoms with Gasteiger partial charge >= 0.3 is 0 Å². The van der Waals surface area contributed by atoms with Crippen LogP contribution in [0.2, 0.25) is 0 Å². The molecule has 0 aliphatic carbocycles. The molecule has 0 bridgehead atoms. The van der Waals surface area contributed by atoms with Gasteiger partial charge in [-0.05, 0) is 37.8 Å². The van der Waals surface area contributed by atoms with Crippen LogP contribution in [-0.2, 0) is 5.54 Å². The first-order valence-corrected chi connectivity index (χ1v) is 5.76. The monoisotopic (exact) mass is 221 g/mol. The Morgan fingerprint density at radius 2 is 1.81 bits per heavy atom. The Kier molecular flexibility index (Phi) is 3.64. The van der Waals surface area contributed by atoms with Crippen molar-refractivity contribution >= 4 is 0 Å². The van der Waals surface area contributed by atoms with E-state index in [-0.39, 0.29) is 5.54 Å². The predicted octanol–water partition coefficient (Wildman–Crippen LogP) is 3.14. The smallest absolute Gasteiger partial charge is 0.127 e. The number of hydrogen-bond acceptors (Lipinski definition) is 2. The van der Waals surface area contributed by atoms with Crippen molar-refractivity contribution in [3.63, 3.8) is 0 Å². The highest BCUT2D eigenvalue weighted by atomic mass is 16.5. The maximum Gasteiger partial charge on any atom is 0.127 e. The lowest BCUT2D eigenvalue weighted by Crippen LogP contribution is -2.39. The van der Waals surface area contributed by atoms with Gasteiger partial charge in [0.05, 0.1) is 7.11 Å². The van der Waals surface area contributed by atoms with Gasteiger partial charge in [-0.1, -0.05) is 26.0 Å². The highest BCUT2D eigenvalue weighted by Gasteiger charge is 2.29. The summed E-state index contributed by atoms with van der Waals surface area (Å²) in [5, 5.41) is 0. The lowest BCUT2D eigenvalue weighted by Gasteiger charge is -2.32. The van der Waals surface area contributed by atoms with Crippen LogP contribution in [0.5, 0.6) is 5.75 Å². The quantitative estimate of drug-likeness (QED) is 0.851. The Morgan fingerprint density at radius 1 is 1.25 bits per heavy atom. The summed E-state index contributed by atoms with van der Waals surface area (Å²) in [6, 6.07) is 4.20. The van der Waals surface area contributed by atoms with Crippen LogP contribution in [0.4, 0.5) is 0 Å². The standard InChI is InChI=1S/C14H23NO/c1-9(2)14(5,15)12-8-7-10(3)11(4)13(12)16-6/h7-9H,15H2,1-6H3. The number of ether oxygens (including phenoxy) is 1. The third-order valence-electron chi connectivity index (χ3n) is 3.66. The van der Waals surface area contributed by atoms with Gasteiger partial charge in [0.25, 0.3) is 0 Å². The molecule has 90 valence electrons. The van der Waals surface area contributed by atoms with Crippen LogP contribution in [0.15, 0.2) is 12.1 Å². The van der Waals surface area contributed by atoms with Crippen LogP contribution in [0, 0.1) is 19.8 Å². The average molecular weight is 221 g/mol. The summed E-state index contributed by atoms with van der Waals surface area (Å²) in [6.45, 7) is 10.5. The summed E-state index contributed by atoms with van der Waals surface area (Å²) in [6.07, 6.45) is 0. The summed E-state index contributed by atoms with van der Waals surface area (Å²) < 4.78 is 5.51. The van der Waals surface area contributed by atoms with E-state index in [0.29, 0.717) is 5.92 Å². The Morgan fingerprint density at radius 3 is 2.25 bits per heavy atom. The zero-order chi connectivity index (χ0) is 12.5. The summed E-state index contributed by atoms with van der Waals surface area (Å²) >= 11 is 0. The Hall–Kier alpha value is -1.02. The van der Waals surface area contributed by atoms with E-state index in [1.165, 1.54) is 11.1 Å². The van der Waals surface area contributed by atoms with Crippen molar-refractivity contribution in [2.45, 2.75) is 40.2 Å². The molecule has 1 rings (SSSR count). The predicted molar refractivity (Wildman–Crippen MR) is 68.8 cm³/mol. The van der Waals surface area contributed by atoms with Crippen molar-refractivity contribution in [2.24, 2.45) is 11.7 Å². The van der Waals surface area contributed by atoms with Crippen molar-refractivity contribution in [3.05, 3.63) is 28.8 Å². The molecule has 0 amide bonds. The number of rotatable bonds is 3.